The summed E-state index contributed by atoms with van der Waals surface area (Å²) in [6.45, 7) is 3.94. The van der Waals surface area contributed by atoms with E-state index in [0.717, 1.165) is 29.7 Å². The first-order chi connectivity index (χ1) is 10.0. The van der Waals surface area contributed by atoms with E-state index in [-0.39, 0.29) is 5.91 Å². The van der Waals surface area contributed by atoms with Gasteiger partial charge in [0, 0.05) is 16.9 Å². The number of rotatable bonds is 2. The fourth-order valence-corrected chi connectivity index (χ4v) is 2.91. The monoisotopic (exact) mass is 280 g/mol. The Kier molecular flexibility index (Phi) is 3.42. The second-order valence-electron chi connectivity index (χ2n) is 5.81. The zero-order valence-corrected chi connectivity index (χ0v) is 12.5. The lowest BCUT2D eigenvalue weighted by Gasteiger charge is -2.12. The standard InChI is InChI=1S/C18H20N2O/c1-11-8-12(2)17(10-16(11)19)20-18(21)15-7-6-13-4-3-5-14(13)9-15/h6-10H,3-5,19H2,1-2H3,(H,20,21). The number of anilines is 2. The zero-order valence-electron chi connectivity index (χ0n) is 12.5. The molecular weight excluding hydrogens is 260 g/mol. The van der Waals surface area contributed by atoms with Crippen molar-refractivity contribution in [1.29, 1.82) is 0 Å². The molecule has 1 aliphatic carbocycles. The number of nitrogens with one attached hydrogen (secondary N) is 1. The quantitative estimate of drug-likeness (QED) is 0.825. The average molecular weight is 280 g/mol. The Labute approximate surface area is 125 Å². The maximum atomic E-state index is 12.4. The molecule has 0 unspecified atom stereocenters. The molecule has 0 aliphatic heterocycles. The topological polar surface area (TPSA) is 55.1 Å². The molecule has 0 atom stereocenters. The number of hydrogen-bond acceptors (Lipinski definition) is 2. The molecule has 0 saturated heterocycles. The SMILES string of the molecule is Cc1cc(C)c(NC(=O)c2ccc3c(c2)CCC3)cc1N. The van der Waals surface area contributed by atoms with E-state index in [1.807, 2.05) is 38.1 Å². The molecular formula is C18H20N2O. The zero-order chi connectivity index (χ0) is 15.0. The van der Waals surface area contributed by atoms with Crippen LogP contribution in [0.4, 0.5) is 11.4 Å². The van der Waals surface area contributed by atoms with Crippen LogP contribution in [-0.2, 0) is 12.8 Å². The van der Waals surface area contributed by atoms with Crippen LogP contribution in [0.5, 0.6) is 0 Å². The number of hydrogen-bond donors (Lipinski definition) is 2. The van der Waals surface area contributed by atoms with Crippen LogP contribution in [-0.4, -0.2) is 5.91 Å². The molecule has 1 aliphatic rings. The lowest BCUT2D eigenvalue weighted by Crippen LogP contribution is -2.13. The fourth-order valence-electron chi connectivity index (χ4n) is 2.91. The number of nitrogen functional groups attached to an aromatic ring is 1. The van der Waals surface area contributed by atoms with Crippen LogP contribution in [0.2, 0.25) is 0 Å². The predicted molar refractivity (Wildman–Crippen MR) is 86.7 cm³/mol. The van der Waals surface area contributed by atoms with Crippen molar-refractivity contribution in [3.63, 3.8) is 0 Å². The molecule has 3 rings (SSSR count). The normalized spacial score (nSPS) is 13.0. The maximum Gasteiger partial charge on any atom is 0.255 e. The van der Waals surface area contributed by atoms with Crippen molar-refractivity contribution >= 4 is 17.3 Å². The van der Waals surface area contributed by atoms with Crippen molar-refractivity contribution in [1.82, 2.24) is 0 Å². The number of carbonyl (C=O) groups is 1. The fraction of sp³-hybridized carbons (Fsp3) is 0.278. The molecule has 2 aromatic rings. The lowest BCUT2D eigenvalue weighted by molar-refractivity contribution is 0.102. The molecule has 3 nitrogen and oxygen atoms in total. The Bertz CT molecular complexity index is 719. The molecule has 21 heavy (non-hydrogen) atoms. The Morgan fingerprint density at radius 2 is 1.81 bits per heavy atom. The van der Waals surface area contributed by atoms with Gasteiger partial charge in [0.1, 0.15) is 0 Å². The van der Waals surface area contributed by atoms with Gasteiger partial charge in [0.25, 0.3) is 5.91 Å². The number of benzene rings is 2. The minimum absolute atomic E-state index is 0.0731. The molecule has 108 valence electrons. The molecule has 3 heteroatoms. The molecule has 0 bridgehead atoms. The summed E-state index contributed by atoms with van der Waals surface area (Å²) in [6, 6.07) is 9.83. The number of fused-ring (bicyclic) bond motifs is 1. The van der Waals surface area contributed by atoms with Crippen molar-refractivity contribution in [3.8, 4) is 0 Å². The molecule has 0 fully saturated rings. The smallest absolute Gasteiger partial charge is 0.255 e. The molecule has 0 radical (unpaired) electrons. The predicted octanol–water partition coefficient (Wildman–Crippen LogP) is 3.63. The van der Waals surface area contributed by atoms with E-state index in [4.69, 9.17) is 5.73 Å². The molecule has 0 spiro atoms. The highest BCUT2D eigenvalue weighted by molar-refractivity contribution is 6.05. The van der Waals surface area contributed by atoms with Gasteiger partial charge in [-0.1, -0.05) is 12.1 Å². The van der Waals surface area contributed by atoms with Crippen LogP contribution in [0, 0.1) is 13.8 Å². The van der Waals surface area contributed by atoms with Gasteiger partial charge in [-0.15, -0.1) is 0 Å². The van der Waals surface area contributed by atoms with Crippen LogP contribution in [0.3, 0.4) is 0 Å². The Balaban J connectivity index is 1.85. The van der Waals surface area contributed by atoms with Gasteiger partial charge in [0.15, 0.2) is 0 Å². The number of amides is 1. The first-order valence-corrected chi connectivity index (χ1v) is 7.34. The van der Waals surface area contributed by atoms with Gasteiger partial charge < -0.3 is 11.1 Å². The van der Waals surface area contributed by atoms with Gasteiger partial charge >= 0.3 is 0 Å². The summed E-state index contributed by atoms with van der Waals surface area (Å²) in [5, 5.41) is 2.97. The molecule has 0 heterocycles. The summed E-state index contributed by atoms with van der Waals surface area (Å²) in [5.41, 5.74) is 12.9. The average Bonchev–Trinajstić information content (AvgIpc) is 2.92. The van der Waals surface area contributed by atoms with Crippen molar-refractivity contribution in [2.45, 2.75) is 33.1 Å². The number of carbonyl (C=O) groups excluding carboxylic acids is 1. The maximum absolute atomic E-state index is 12.4. The minimum Gasteiger partial charge on any atom is -0.398 e. The van der Waals surface area contributed by atoms with E-state index >= 15 is 0 Å². The molecule has 0 saturated carbocycles. The Hall–Kier alpha value is -2.29. The van der Waals surface area contributed by atoms with Crippen molar-refractivity contribution in [2.75, 3.05) is 11.1 Å². The summed E-state index contributed by atoms with van der Waals surface area (Å²) in [5.74, 6) is -0.0731. The second-order valence-corrected chi connectivity index (χ2v) is 5.81. The van der Waals surface area contributed by atoms with Gasteiger partial charge in [-0.05, 0) is 73.6 Å². The Morgan fingerprint density at radius 1 is 1.05 bits per heavy atom. The van der Waals surface area contributed by atoms with Crippen LogP contribution in [0.1, 0.15) is 39.0 Å². The summed E-state index contributed by atoms with van der Waals surface area (Å²) in [6.07, 6.45) is 3.39. The second kappa shape index (κ2) is 5.24. The third-order valence-electron chi connectivity index (χ3n) is 4.22. The van der Waals surface area contributed by atoms with Crippen LogP contribution in [0.15, 0.2) is 30.3 Å². The van der Waals surface area contributed by atoms with Crippen LogP contribution < -0.4 is 11.1 Å². The van der Waals surface area contributed by atoms with E-state index in [2.05, 4.69) is 11.4 Å². The van der Waals surface area contributed by atoms with E-state index in [1.54, 1.807) is 0 Å². The van der Waals surface area contributed by atoms with Gasteiger partial charge in [0.05, 0.1) is 0 Å². The summed E-state index contributed by atoms with van der Waals surface area (Å²) >= 11 is 0. The third-order valence-corrected chi connectivity index (χ3v) is 4.22. The molecule has 0 aromatic heterocycles. The highest BCUT2D eigenvalue weighted by atomic mass is 16.1. The van der Waals surface area contributed by atoms with Crippen molar-refractivity contribution in [2.24, 2.45) is 0 Å². The van der Waals surface area contributed by atoms with Crippen molar-refractivity contribution < 1.29 is 4.79 Å². The summed E-state index contributed by atoms with van der Waals surface area (Å²) in [4.78, 5) is 12.4. The minimum atomic E-state index is -0.0731. The van der Waals surface area contributed by atoms with Gasteiger partial charge in [-0.2, -0.15) is 0 Å². The van der Waals surface area contributed by atoms with E-state index < -0.39 is 0 Å². The number of nitrogens with two attached hydrogens (primary N) is 1. The molecule has 2 aromatic carbocycles. The molecule has 3 N–H and O–H groups in total. The first kappa shape index (κ1) is 13.7. The van der Waals surface area contributed by atoms with Crippen molar-refractivity contribution in [3.05, 3.63) is 58.1 Å². The Morgan fingerprint density at radius 3 is 2.62 bits per heavy atom. The van der Waals surface area contributed by atoms with E-state index in [0.29, 0.717) is 11.3 Å². The first-order valence-electron chi connectivity index (χ1n) is 7.34. The third kappa shape index (κ3) is 2.64. The van der Waals surface area contributed by atoms with Gasteiger partial charge in [-0.3, -0.25) is 4.79 Å². The highest BCUT2D eigenvalue weighted by Crippen LogP contribution is 2.25. The van der Waals surface area contributed by atoms with Crippen LogP contribution >= 0.6 is 0 Å². The number of aryl methyl sites for hydroxylation is 4. The largest absolute Gasteiger partial charge is 0.398 e. The molecule has 1 amide bonds. The van der Waals surface area contributed by atoms with Gasteiger partial charge in [0.2, 0.25) is 0 Å². The van der Waals surface area contributed by atoms with E-state index in [1.165, 1.54) is 17.5 Å². The summed E-state index contributed by atoms with van der Waals surface area (Å²) < 4.78 is 0. The van der Waals surface area contributed by atoms with Gasteiger partial charge in [-0.25, -0.2) is 0 Å². The lowest BCUT2D eigenvalue weighted by atomic mass is 10.0. The van der Waals surface area contributed by atoms with E-state index in [9.17, 15) is 4.79 Å². The summed E-state index contributed by atoms with van der Waals surface area (Å²) in [7, 11) is 0. The highest BCUT2D eigenvalue weighted by Gasteiger charge is 2.14. The van der Waals surface area contributed by atoms with Crippen LogP contribution in [0.25, 0.3) is 0 Å².